The minimum atomic E-state index is -3.73. The Balaban J connectivity index is 1.51. The van der Waals surface area contributed by atoms with E-state index in [1.807, 2.05) is 0 Å². The monoisotopic (exact) mass is 423 g/mol. The lowest BCUT2D eigenvalue weighted by Gasteiger charge is -2.28. The number of rotatable bonds is 5. The quantitative estimate of drug-likeness (QED) is 0.773. The lowest BCUT2D eigenvalue weighted by atomic mass is 9.99. The number of sulfonamides is 1. The highest BCUT2D eigenvalue weighted by atomic mass is 32.2. The summed E-state index contributed by atoms with van der Waals surface area (Å²) in [6.45, 7) is 3.21. The predicted molar refractivity (Wildman–Crippen MR) is 109 cm³/mol. The number of piperidine rings is 1. The lowest BCUT2D eigenvalue weighted by molar-refractivity contribution is -0.119. The van der Waals surface area contributed by atoms with E-state index >= 15 is 0 Å². The van der Waals surface area contributed by atoms with E-state index in [1.165, 1.54) is 30.3 Å². The van der Waals surface area contributed by atoms with Crippen molar-refractivity contribution < 1.29 is 22.7 Å². The Bertz CT molecular complexity index is 840. The van der Waals surface area contributed by atoms with Crippen molar-refractivity contribution >= 4 is 21.6 Å². The van der Waals surface area contributed by atoms with Crippen LogP contribution in [-0.4, -0.2) is 76.1 Å². The normalized spacial score (nSPS) is 26.1. The number of fused-ring (bicyclic) bond motifs is 1. The number of benzene rings is 1. The van der Waals surface area contributed by atoms with Crippen molar-refractivity contribution in [2.75, 3.05) is 51.8 Å². The van der Waals surface area contributed by atoms with Crippen molar-refractivity contribution in [1.29, 1.82) is 0 Å². The van der Waals surface area contributed by atoms with Crippen LogP contribution in [-0.2, 0) is 19.6 Å². The largest absolute Gasteiger partial charge is 0.495 e. The van der Waals surface area contributed by atoms with Gasteiger partial charge in [0.25, 0.3) is 0 Å². The van der Waals surface area contributed by atoms with Crippen LogP contribution in [0.15, 0.2) is 23.1 Å². The number of methoxy groups -OCH3 is 1. The van der Waals surface area contributed by atoms with Gasteiger partial charge in [0.1, 0.15) is 10.6 Å². The first-order valence-electron chi connectivity index (χ1n) is 10.3. The van der Waals surface area contributed by atoms with E-state index in [0.717, 1.165) is 25.9 Å². The summed E-state index contributed by atoms with van der Waals surface area (Å²) in [4.78, 5) is 15.3. The Morgan fingerprint density at radius 1 is 1.21 bits per heavy atom. The van der Waals surface area contributed by atoms with Crippen LogP contribution in [0, 0.1) is 5.92 Å². The summed E-state index contributed by atoms with van der Waals surface area (Å²) in [5.41, 5.74) is 0.479. The zero-order valence-electron chi connectivity index (χ0n) is 16.8. The van der Waals surface area contributed by atoms with E-state index in [-0.39, 0.29) is 22.5 Å². The highest BCUT2D eigenvalue weighted by molar-refractivity contribution is 7.89. The van der Waals surface area contributed by atoms with Gasteiger partial charge in [-0.3, -0.25) is 9.69 Å². The number of hydrogen-bond acceptors (Lipinski definition) is 6. The molecule has 1 amide bonds. The molecule has 3 saturated heterocycles. The van der Waals surface area contributed by atoms with Crippen molar-refractivity contribution in [1.82, 2.24) is 9.21 Å². The Morgan fingerprint density at radius 2 is 2.00 bits per heavy atom. The van der Waals surface area contributed by atoms with Gasteiger partial charge in [0, 0.05) is 31.4 Å². The molecule has 2 atom stereocenters. The molecule has 29 heavy (non-hydrogen) atoms. The molecule has 0 radical (unpaired) electrons. The number of morpholine rings is 1. The number of nitrogens with zero attached hydrogens (tertiary/aromatic N) is 2. The van der Waals surface area contributed by atoms with Crippen molar-refractivity contribution in [2.24, 2.45) is 5.92 Å². The van der Waals surface area contributed by atoms with Crippen LogP contribution in [0.1, 0.15) is 25.7 Å². The van der Waals surface area contributed by atoms with Crippen molar-refractivity contribution in [3.8, 4) is 5.75 Å². The molecule has 9 heteroatoms. The molecule has 160 valence electrons. The summed E-state index contributed by atoms with van der Waals surface area (Å²) < 4.78 is 38.2. The summed E-state index contributed by atoms with van der Waals surface area (Å²) >= 11 is 0. The van der Waals surface area contributed by atoms with E-state index < -0.39 is 10.0 Å². The van der Waals surface area contributed by atoms with E-state index in [1.54, 1.807) is 12.1 Å². The van der Waals surface area contributed by atoms with Crippen LogP contribution < -0.4 is 10.1 Å². The number of amides is 1. The fourth-order valence-corrected chi connectivity index (χ4v) is 6.16. The van der Waals surface area contributed by atoms with E-state index in [2.05, 4.69) is 10.2 Å². The molecule has 0 spiro atoms. The first-order chi connectivity index (χ1) is 14.0. The molecule has 3 fully saturated rings. The van der Waals surface area contributed by atoms with Crippen LogP contribution in [0.25, 0.3) is 0 Å². The maximum Gasteiger partial charge on any atom is 0.246 e. The van der Waals surface area contributed by atoms with E-state index in [4.69, 9.17) is 9.47 Å². The van der Waals surface area contributed by atoms with Gasteiger partial charge in [0.15, 0.2) is 0 Å². The number of carbonyl (C=O) groups is 1. The average molecular weight is 424 g/mol. The molecule has 4 rings (SSSR count). The van der Waals surface area contributed by atoms with Crippen molar-refractivity contribution in [3.63, 3.8) is 0 Å². The molecule has 1 aromatic rings. The first kappa shape index (κ1) is 20.6. The number of anilines is 1. The molecule has 8 nitrogen and oxygen atoms in total. The zero-order chi connectivity index (χ0) is 20.4. The Hall–Kier alpha value is -1.68. The summed E-state index contributed by atoms with van der Waals surface area (Å²) in [7, 11) is -2.29. The van der Waals surface area contributed by atoms with Gasteiger partial charge < -0.3 is 14.8 Å². The maximum atomic E-state index is 13.1. The highest BCUT2D eigenvalue weighted by Gasteiger charge is 2.37. The Labute approximate surface area is 172 Å². The van der Waals surface area contributed by atoms with Crippen LogP contribution >= 0.6 is 0 Å². The van der Waals surface area contributed by atoms with Crippen molar-refractivity contribution in [2.45, 2.75) is 36.6 Å². The first-order valence-corrected chi connectivity index (χ1v) is 11.7. The molecular weight excluding hydrogens is 394 g/mol. The number of ether oxygens (including phenoxy) is 2. The number of hydrogen-bond donors (Lipinski definition) is 1. The third-order valence-corrected chi connectivity index (χ3v) is 8.07. The molecule has 0 aromatic heterocycles. The molecular formula is C20H29N3O5S. The minimum absolute atomic E-state index is 0.0423. The van der Waals surface area contributed by atoms with E-state index in [0.29, 0.717) is 38.0 Å². The molecule has 0 aliphatic carbocycles. The Kier molecular flexibility index (Phi) is 6.10. The van der Waals surface area contributed by atoms with Crippen LogP contribution in [0.3, 0.4) is 0 Å². The topological polar surface area (TPSA) is 88.2 Å². The summed E-state index contributed by atoms with van der Waals surface area (Å²) in [5.74, 6) is 0.172. The van der Waals surface area contributed by atoms with Crippen molar-refractivity contribution in [3.05, 3.63) is 18.2 Å². The second kappa shape index (κ2) is 8.59. The number of carbonyl (C=O) groups excluding carboxylic acids is 1. The second-order valence-corrected chi connectivity index (χ2v) is 9.85. The summed E-state index contributed by atoms with van der Waals surface area (Å²) in [6.07, 6.45) is 4.47. The summed E-state index contributed by atoms with van der Waals surface area (Å²) in [6, 6.07) is 5.30. The molecule has 3 aliphatic rings. The fourth-order valence-electron chi connectivity index (χ4n) is 4.57. The summed E-state index contributed by atoms with van der Waals surface area (Å²) in [5, 5.41) is 2.93. The fraction of sp³-hybridized carbons (Fsp3) is 0.650. The second-order valence-electron chi connectivity index (χ2n) is 7.95. The molecule has 1 aromatic carbocycles. The third kappa shape index (κ3) is 4.28. The number of nitrogens with one attached hydrogen (secondary N) is 1. The molecule has 0 unspecified atom stereocenters. The van der Waals surface area contributed by atoms with Gasteiger partial charge in [0.2, 0.25) is 15.9 Å². The molecule has 0 bridgehead atoms. The van der Waals surface area contributed by atoms with Crippen LogP contribution in [0.5, 0.6) is 5.75 Å². The van der Waals surface area contributed by atoms with Gasteiger partial charge in [0.05, 0.1) is 26.2 Å². The van der Waals surface area contributed by atoms with Gasteiger partial charge in [-0.1, -0.05) is 6.42 Å². The third-order valence-electron chi connectivity index (χ3n) is 6.15. The van der Waals surface area contributed by atoms with E-state index in [9.17, 15) is 13.2 Å². The molecule has 3 aliphatic heterocycles. The standard InChI is InChI=1S/C20H29N3O5S/c1-27-18-6-5-16(13-19(18)29(25,26)23-8-10-28-11-9-23)21-20(24)15-12-17-4-2-3-7-22(17)14-15/h5-6,13,15,17H,2-4,7-12,14H2,1H3,(H,21,24)/t15-,17+/m0/s1. The lowest BCUT2D eigenvalue weighted by Crippen LogP contribution is -2.40. The maximum absolute atomic E-state index is 13.1. The van der Waals surface area contributed by atoms with Crippen LogP contribution in [0.4, 0.5) is 5.69 Å². The van der Waals surface area contributed by atoms with Gasteiger partial charge in [-0.2, -0.15) is 4.31 Å². The van der Waals surface area contributed by atoms with Gasteiger partial charge >= 0.3 is 0 Å². The zero-order valence-corrected chi connectivity index (χ0v) is 17.6. The minimum Gasteiger partial charge on any atom is -0.495 e. The highest BCUT2D eigenvalue weighted by Crippen LogP contribution is 2.33. The van der Waals surface area contributed by atoms with Gasteiger partial charge in [-0.05, 0) is 44.0 Å². The van der Waals surface area contributed by atoms with Gasteiger partial charge in [-0.25, -0.2) is 8.42 Å². The SMILES string of the molecule is COc1ccc(NC(=O)[C@H]2C[C@H]3CCCCN3C2)cc1S(=O)(=O)N1CCOCC1. The molecule has 1 N–H and O–H groups in total. The predicted octanol–water partition coefficient (Wildman–Crippen LogP) is 1.53. The smallest absolute Gasteiger partial charge is 0.246 e. The van der Waals surface area contributed by atoms with Gasteiger partial charge in [-0.15, -0.1) is 0 Å². The van der Waals surface area contributed by atoms with Crippen LogP contribution in [0.2, 0.25) is 0 Å². The molecule has 0 saturated carbocycles. The Morgan fingerprint density at radius 3 is 2.72 bits per heavy atom. The molecule has 3 heterocycles. The average Bonchev–Trinajstić information content (AvgIpc) is 3.19.